The van der Waals surface area contributed by atoms with E-state index >= 15 is 0 Å². The summed E-state index contributed by atoms with van der Waals surface area (Å²) in [5.41, 5.74) is 0. The highest BCUT2D eigenvalue weighted by Gasteiger charge is 2.43. The molecular weight excluding hydrogens is 412 g/mol. The molecule has 1 aliphatic rings. The van der Waals surface area contributed by atoms with Gasteiger partial charge in [-0.2, -0.15) is 4.33 Å². The SMILES string of the molecule is CC(C)[C@H]1CC[C@H](C)C(S(=O)(=O)c2c(F)c(F)c(SOO[O-])c(F)c2F)C1. The fourth-order valence-electron chi connectivity index (χ4n) is 3.46. The van der Waals surface area contributed by atoms with Crippen LogP contribution in [-0.4, -0.2) is 13.7 Å². The Bertz CT molecular complexity index is 771. The van der Waals surface area contributed by atoms with Crippen molar-refractivity contribution < 1.29 is 40.6 Å². The summed E-state index contributed by atoms with van der Waals surface area (Å²) < 4.78 is 86.6. The monoisotopic (exact) mass is 431 g/mol. The molecule has 154 valence electrons. The van der Waals surface area contributed by atoms with Crippen LogP contribution < -0.4 is 5.26 Å². The molecule has 0 saturated heterocycles. The van der Waals surface area contributed by atoms with E-state index in [9.17, 15) is 31.2 Å². The topological polar surface area (TPSA) is 75.7 Å². The average molecular weight is 431 g/mol. The zero-order valence-corrected chi connectivity index (χ0v) is 16.4. The molecule has 1 aromatic rings. The van der Waals surface area contributed by atoms with Crippen molar-refractivity contribution in [2.45, 2.75) is 55.1 Å². The molecule has 0 radical (unpaired) electrons. The van der Waals surface area contributed by atoms with E-state index in [1.807, 2.05) is 13.8 Å². The number of halogens is 4. The van der Waals surface area contributed by atoms with Crippen LogP contribution in [0.4, 0.5) is 17.6 Å². The molecule has 0 aromatic heterocycles. The molecular formula is C16H19F4O5S2-. The molecule has 0 spiro atoms. The number of hydrogen-bond donors (Lipinski definition) is 0. The van der Waals surface area contributed by atoms with Gasteiger partial charge in [-0.25, -0.2) is 26.0 Å². The molecule has 1 unspecified atom stereocenters. The third kappa shape index (κ3) is 4.26. The van der Waals surface area contributed by atoms with Crippen molar-refractivity contribution in [2.75, 3.05) is 0 Å². The van der Waals surface area contributed by atoms with E-state index in [0.29, 0.717) is 6.42 Å². The van der Waals surface area contributed by atoms with Crippen LogP contribution in [0, 0.1) is 41.0 Å². The van der Waals surface area contributed by atoms with Crippen LogP contribution in [0.15, 0.2) is 9.79 Å². The molecule has 5 nitrogen and oxygen atoms in total. The van der Waals surface area contributed by atoms with Crippen LogP contribution in [-0.2, 0) is 19.2 Å². The van der Waals surface area contributed by atoms with Gasteiger partial charge < -0.3 is 5.26 Å². The van der Waals surface area contributed by atoms with Crippen molar-refractivity contribution in [3.8, 4) is 0 Å². The predicted molar refractivity (Wildman–Crippen MR) is 86.6 cm³/mol. The average Bonchev–Trinajstić information content (AvgIpc) is 2.60. The summed E-state index contributed by atoms with van der Waals surface area (Å²) in [6.45, 7) is 5.45. The zero-order chi connectivity index (χ0) is 20.5. The number of rotatable bonds is 6. The molecule has 1 aliphatic carbocycles. The minimum atomic E-state index is -4.69. The van der Waals surface area contributed by atoms with E-state index in [1.165, 1.54) is 0 Å². The highest BCUT2D eigenvalue weighted by Crippen LogP contribution is 2.42. The summed E-state index contributed by atoms with van der Waals surface area (Å²) in [5, 5.41) is 11.5. The quantitative estimate of drug-likeness (QED) is 0.225. The molecule has 0 bridgehead atoms. The highest BCUT2D eigenvalue weighted by molar-refractivity contribution is 7.94. The zero-order valence-electron chi connectivity index (χ0n) is 14.8. The summed E-state index contributed by atoms with van der Waals surface area (Å²) >= 11 is -0.398. The fourth-order valence-corrected chi connectivity index (χ4v) is 6.11. The van der Waals surface area contributed by atoms with E-state index in [1.54, 1.807) is 6.92 Å². The second-order valence-electron chi connectivity index (χ2n) is 7.01. The van der Waals surface area contributed by atoms with E-state index in [4.69, 9.17) is 0 Å². The number of sulfone groups is 1. The van der Waals surface area contributed by atoms with Gasteiger partial charge in [0.25, 0.3) is 0 Å². The Morgan fingerprint density at radius 3 is 2.11 bits per heavy atom. The predicted octanol–water partition coefficient (Wildman–Crippen LogP) is 3.71. The van der Waals surface area contributed by atoms with E-state index in [0.717, 1.165) is 6.42 Å². The minimum Gasteiger partial charge on any atom is -0.691 e. The van der Waals surface area contributed by atoms with E-state index in [2.05, 4.69) is 9.37 Å². The number of benzene rings is 1. The lowest BCUT2D eigenvalue weighted by atomic mass is 9.77. The first-order chi connectivity index (χ1) is 12.5. The Morgan fingerprint density at radius 2 is 1.63 bits per heavy atom. The lowest BCUT2D eigenvalue weighted by Crippen LogP contribution is -2.37. The van der Waals surface area contributed by atoms with Crippen LogP contribution in [0.5, 0.6) is 0 Å². The minimum absolute atomic E-state index is 0.0132. The fraction of sp³-hybridized carbons (Fsp3) is 0.625. The van der Waals surface area contributed by atoms with Crippen LogP contribution in [0.3, 0.4) is 0 Å². The summed E-state index contributed by atoms with van der Waals surface area (Å²) in [6, 6.07) is 0. The van der Waals surface area contributed by atoms with Gasteiger partial charge in [0.15, 0.2) is 33.1 Å². The summed E-state index contributed by atoms with van der Waals surface area (Å²) in [7, 11) is -4.69. The Labute approximate surface area is 159 Å². The first-order valence-corrected chi connectivity index (χ1v) is 10.6. The normalized spacial score (nSPS) is 23.8. The number of hydrogen-bond acceptors (Lipinski definition) is 6. The largest absolute Gasteiger partial charge is 0.691 e. The van der Waals surface area contributed by atoms with Crippen LogP contribution >= 0.6 is 12.0 Å². The lowest BCUT2D eigenvalue weighted by molar-refractivity contribution is -0.777. The van der Waals surface area contributed by atoms with Gasteiger partial charge >= 0.3 is 0 Å². The smallest absolute Gasteiger partial charge is 0.187 e. The second-order valence-corrected chi connectivity index (χ2v) is 9.83. The third-order valence-corrected chi connectivity index (χ3v) is 8.15. The lowest BCUT2D eigenvalue weighted by Gasteiger charge is -2.35. The van der Waals surface area contributed by atoms with E-state index in [-0.39, 0.29) is 18.3 Å². The van der Waals surface area contributed by atoms with Gasteiger partial charge in [0.1, 0.15) is 9.79 Å². The first-order valence-electron chi connectivity index (χ1n) is 8.26. The van der Waals surface area contributed by atoms with Gasteiger partial charge in [-0.1, -0.05) is 20.8 Å². The Hall–Kier alpha value is -0.880. The third-order valence-electron chi connectivity index (χ3n) is 5.12. The Morgan fingerprint density at radius 1 is 1.07 bits per heavy atom. The van der Waals surface area contributed by atoms with Crippen LogP contribution in [0.1, 0.15) is 40.0 Å². The summed E-state index contributed by atoms with van der Waals surface area (Å²) in [5.74, 6) is -8.31. The maximum atomic E-state index is 14.4. The van der Waals surface area contributed by atoms with Crippen LogP contribution in [0.2, 0.25) is 0 Å². The molecule has 1 saturated carbocycles. The Balaban J connectivity index is 2.55. The maximum Gasteiger partial charge on any atom is 0.187 e. The molecule has 0 aliphatic heterocycles. The van der Waals surface area contributed by atoms with Crippen LogP contribution in [0.25, 0.3) is 0 Å². The van der Waals surface area contributed by atoms with Crippen molar-refractivity contribution in [2.24, 2.45) is 17.8 Å². The van der Waals surface area contributed by atoms with Gasteiger partial charge in [-0.05, 0) is 37.0 Å². The molecule has 1 fully saturated rings. The van der Waals surface area contributed by atoms with Gasteiger partial charge in [0.05, 0.1) is 17.3 Å². The molecule has 27 heavy (non-hydrogen) atoms. The van der Waals surface area contributed by atoms with Gasteiger partial charge in [0.2, 0.25) is 0 Å². The summed E-state index contributed by atoms with van der Waals surface area (Å²) in [6.07, 6.45) is 1.43. The molecule has 0 N–H and O–H groups in total. The van der Waals surface area contributed by atoms with Crippen molar-refractivity contribution >= 4 is 21.9 Å². The van der Waals surface area contributed by atoms with Crippen molar-refractivity contribution in [3.63, 3.8) is 0 Å². The summed E-state index contributed by atoms with van der Waals surface area (Å²) in [4.78, 5) is -2.98. The molecule has 0 amide bonds. The molecule has 0 heterocycles. The van der Waals surface area contributed by atoms with E-state index < -0.39 is 66.1 Å². The maximum absolute atomic E-state index is 14.4. The van der Waals surface area contributed by atoms with Gasteiger partial charge in [0, 0.05) is 0 Å². The Kier molecular flexibility index (Phi) is 7.17. The highest BCUT2D eigenvalue weighted by atomic mass is 32.2. The standard InChI is InChI=1S/C16H20F4O5S2/c1-7(2)9-5-4-8(3)10(6-9)27(22,23)16-13(19)11(17)15(26-25-24-21)12(18)14(16)20/h7-10,21H,4-6H2,1-3H3/p-1/t8-,9-,10?/m0/s1. The van der Waals surface area contributed by atoms with Gasteiger partial charge in [-0.15, -0.1) is 0 Å². The van der Waals surface area contributed by atoms with Crippen molar-refractivity contribution in [1.29, 1.82) is 0 Å². The molecule has 11 heteroatoms. The first kappa shape index (κ1) is 22.4. The van der Waals surface area contributed by atoms with Crippen molar-refractivity contribution in [3.05, 3.63) is 23.3 Å². The van der Waals surface area contributed by atoms with Crippen molar-refractivity contribution in [1.82, 2.24) is 0 Å². The second kappa shape index (κ2) is 8.64. The molecule has 1 aromatic carbocycles. The molecule has 3 atom stereocenters. The molecule has 2 rings (SSSR count). The van der Waals surface area contributed by atoms with Gasteiger partial charge in [-0.3, -0.25) is 5.04 Å².